The maximum Gasteiger partial charge on any atom is 0.342 e. The lowest BCUT2D eigenvalue weighted by Crippen LogP contribution is -2.14. The molecular weight excluding hydrogens is 468 g/mol. The largest absolute Gasteiger partial charge is 0.443 e. The third kappa shape index (κ3) is 4.45. The van der Waals surface area contributed by atoms with Crippen molar-refractivity contribution in [2.24, 2.45) is 0 Å². The number of H-pyrrole nitrogens is 1. The van der Waals surface area contributed by atoms with Gasteiger partial charge in [0.15, 0.2) is 0 Å². The van der Waals surface area contributed by atoms with Gasteiger partial charge in [-0.05, 0) is 29.2 Å². The zero-order chi connectivity index (χ0) is 22.2. The number of anilines is 1. The molecule has 2 heterocycles. The number of para-hydroxylation sites is 1. The minimum absolute atomic E-state index is 0.00340. The molecule has 2 aromatic carbocycles. The lowest BCUT2D eigenvalue weighted by atomic mass is 10.3. The Hall–Kier alpha value is -3.22. The molecule has 13 heteroatoms. The second kappa shape index (κ2) is 8.13. The number of nitrogens with zero attached hydrogens (tertiary/aromatic N) is 2. The Morgan fingerprint density at radius 3 is 2.68 bits per heavy atom. The fraction of sp³-hybridized carbons (Fsp3) is 0.0556. The van der Waals surface area contributed by atoms with E-state index in [-0.39, 0.29) is 38.0 Å². The molecule has 0 fully saturated rings. The average Bonchev–Trinajstić information content (AvgIpc) is 3.35. The molecule has 2 aromatic heterocycles. The van der Waals surface area contributed by atoms with Crippen molar-refractivity contribution in [2.75, 3.05) is 4.72 Å². The van der Waals surface area contributed by atoms with Gasteiger partial charge in [0.05, 0.1) is 33.2 Å². The summed E-state index contributed by atoms with van der Waals surface area (Å²) < 4.78 is 46.4. The zero-order valence-electron chi connectivity index (χ0n) is 15.4. The molecule has 0 spiro atoms. The molecule has 4 rings (SSSR count). The van der Waals surface area contributed by atoms with Gasteiger partial charge < -0.3 is 14.5 Å². The summed E-state index contributed by atoms with van der Waals surface area (Å²) in [6, 6.07) is 13.5. The summed E-state index contributed by atoms with van der Waals surface area (Å²) in [5.74, 6) is -0.514. The van der Waals surface area contributed by atoms with E-state index in [9.17, 15) is 22.7 Å². The lowest BCUT2D eigenvalue weighted by Gasteiger charge is -2.11. The number of nitro groups is 1. The first-order valence-electron chi connectivity index (χ1n) is 8.61. The van der Waals surface area contributed by atoms with Crippen LogP contribution in [0.4, 0.5) is 11.5 Å². The molecule has 2 N–H and O–H groups in total. The second-order valence-electron chi connectivity index (χ2n) is 6.34. The number of aromatic nitrogens is 2. The Morgan fingerprint density at radius 1 is 1.19 bits per heavy atom. The van der Waals surface area contributed by atoms with Crippen molar-refractivity contribution >= 4 is 54.9 Å². The number of benzene rings is 2. The van der Waals surface area contributed by atoms with Crippen LogP contribution in [0.2, 0.25) is 5.02 Å². The highest BCUT2D eigenvalue weighted by atomic mass is 35.5. The van der Waals surface area contributed by atoms with Crippen LogP contribution < -0.4 is 4.72 Å². The Balaban J connectivity index is 1.64. The van der Waals surface area contributed by atoms with Gasteiger partial charge in [0, 0.05) is 16.5 Å². The number of sulfonamides is 1. The number of fused-ring (bicyclic) bond motifs is 1. The van der Waals surface area contributed by atoms with Gasteiger partial charge in [0.1, 0.15) is 11.3 Å². The van der Waals surface area contributed by atoms with E-state index in [0.717, 1.165) is 6.07 Å². The van der Waals surface area contributed by atoms with E-state index in [0.29, 0.717) is 11.0 Å². The van der Waals surface area contributed by atoms with Crippen LogP contribution in [0.15, 0.2) is 69.0 Å². The standard InChI is InChI=1S/C18H13ClN4O6S2/c19-12-5-6-16(30(26)10-13-9-17(21-20-13)23(24)25)14(8-12)22-31(27,28)18-7-11-3-1-2-4-15(11)29-18/h1-9,22H,10H2,(H,20,21). The number of aromatic amines is 1. The van der Waals surface area contributed by atoms with Crippen LogP contribution in [0.5, 0.6) is 0 Å². The first-order valence-corrected chi connectivity index (χ1v) is 11.8. The van der Waals surface area contributed by atoms with Gasteiger partial charge in [-0.2, -0.15) is 8.42 Å². The first kappa shape index (κ1) is 21.0. The number of furan rings is 1. The molecule has 1 unspecified atom stereocenters. The molecule has 0 amide bonds. The SMILES string of the molecule is O=[N+]([O-])c1cc(CS(=O)c2ccc(Cl)cc2NS(=O)(=O)c2cc3ccccc3o2)n[nH]1. The molecule has 1 atom stereocenters. The number of nitrogens with one attached hydrogen (secondary N) is 2. The number of rotatable bonds is 7. The molecule has 160 valence electrons. The van der Waals surface area contributed by atoms with Crippen molar-refractivity contribution in [1.82, 2.24) is 10.2 Å². The normalized spacial score (nSPS) is 12.7. The van der Waals surface area contributed by atoms with Gasteiger partial charge in [-0.25, -0.2) is 0 Å². The van der Waals surface area contributed by atoms with E-state index in [1.54, 1.807) is 24.3 Å². The second-order valence-corrected chi connectivity index (χ2v) is 9.81. The van der Waals surface area contributed by atoms with E-state index in [4.69, 9.17) is 16.0 Å². The van der Waals surface area contributed by atoms with E-state index in [2.05, 4.69) is 14.9 Å². The molecule has 4 aromatic rings. The third-order valence-corrected chi connectivity index (χ3v) is 7.05. The van der Waals surface area contributed by atoms with Gasteiger partial charge >= 0.3 is 5.82 Å². The van der Waals surface area contributed by atoms with E-state index in [1.165, 1.54) is 24.3 Å². The van der Waals surface area contributed by atoms with Crippen LogP contribution in [-0.2, 0) is 26.6 Å². The van der Waals surface area contributed by atoms with Gasteiger partial charge in [-0.3, -0.25) is 8.93 Å². The Morgan fingerprint density at radius 2 is 1.97 bits per heavy atom. The average molecular weight is 481 g/mol. The van der Waals surface area contributed by atoms with Gasteiger partial charge in [-0.1, -0.05) is 34.9 Å². The molecule has 0 bridgehead atoms. The maximum absolute atomic E-state index is 12.9. The highest BCUT2D eigenvalue weighted by Gasteiger charge is 2.23. The predicted octanol–water partition coefficient (Wildman–Crippen LogP) is 3.83. The summed E-state index contributed by atoms with van der Waals surface area (Å²) in [7, 11) is -5.93. The summed E-state index contributed by atoms with van der Waals surface area (Å²) in [4.78, 5) is 10.3. The molecule has 0 radical (unpaired) electrons. The molecule has 0 aliphatic rings. The summed E-state index contributed by atoms with van der Waals surface area (Å²) in [5, 5.41) is 17.3. The summed E-state index contributed by atoms with van der Waals surface area (Å²) in [5.41, 5.74) is 0.584. The predicted molar refractivity (Wildman–Crippen MR) is 114 cm³/mol. The zero-order valence-corrected chi connectivity index (χ0v) is 17.8. The molecule has 10 nitrogen and oxygen atoms in total. The quantitative estimate of drug-likeness (QED) is 0.301. The lowest BCUT2D eigenvalue weighted by molar-refractivity contribution is -0.389. The van der Waals surface area contributed by atoms with Crippen molar-refractivity contribution < 1.29 is 22.0 Å². The number of halogens is 1. The van der Waals surface area contributed by atoms with Crippen molar-refractivity contribution in [3.63, 3.8) is 0 Å². The van der Waals surface area contributed by atoms with E-state index >= 15 is 0 Å². The maximum atomic E-state index is 12.9. The van der Waals surface area contributed by atoms with Crippen LogP contribution in [0.3, 0.4) is 0 Å². The van der Waals surface area contributed by atoms with Gasteiger partial charge in [0.2, 0.25) is 5.09 Å². The van der Waals surface area contributed by atoms with E-state index in [1.807, 2.05) is 0 Å². The van der Waals surface area contributed by atoms with Gasteiger partial charge in [-0.15, -0.1) is 5.10 Å². The molecule has 0 aliphatic heterocycles. The van der Waals surface area contributed by atoms with Crippen molar-refractivity contribution in [1.29, 1.82) is 0 Å². The molecule has 0 saturated heterocycles. The summed E-state index contributed by atoms with van der Waals surface area (Å²) in [6.45, 7) is 0. The van der Waals surface area contributed by atoms with Crippen molar-refractivity contribution in [2.45, 2.75) is 15.7 Å². The topological polar surface area (TPSA) is 148 Å². The number of hydrogen-bond acceptors (Lipinski definition) is 7. The van der Waals surface area contributed by atoms with Crippen molar-refractivity contribution in [3.05, 3.63) is 75.4 Å². The Kier molecular flexibility index (Phi) is 5.52. The Bertz CT molecular complexity index is 1400. The fourth-order valence-corrected chi connectivity index (χ4v) is 5.22. The first-order chi connectivity index (χ1) is 14.7. The summed E-state index contributed by atoms with van der Waals surface area (Å²) >= 11 is 6.01. The highest BCUT2D eigenvalue weighted by Crippen LogP contribution is 2.30. The smallest absolute Gasteiger partial charge is 0.342 e. The number of hydrogen-bond donors (Lipinski definition) is 2. The molecular formula is C18H13ClN4O6S2. The van der Waals surface area contributed by atoms with Crippen LogP contribution in [-0.4, -0.2) is 27.7 Å². The summed E-state index contributed by atoms with van der Waals surface area (Å²) in [6.07, 6.45) is 0. The van der Waals surface area contributed by atoms with Crippen LogP contribution in [0, 0.1) is 10.1 Å². The van der Waals surface area contributed by atoms with Crippen LogP contribution in [0.25, 0.3) is 11.0 Å². The van der Waals surface area contributed by atoms with Crippen LogP contribution in [0.1, 0.15) is 5.69 Å². The minimum atomic E-state index is -4.15. The molecule has 0 saturated carbocycles. The van der Waals surface area contributed by atoms with Gasteiger partial charge in [0.25, 0.3) is 10.0 Å². The van der Waals surface area contributed by atoms with Crippen molar-refractivity contribution in [3.8, 4) is 0 Å². The molecule has 31 heavy (non-hydrogen) atoms. The van der Waals surface area contributed by atoms with Crippen LogP contribution >= 0.6 is 11.6 Å². The fourth-order valence-electron chi connectivity index (χ4n) is 2.80. The third-order valence-electron chi connectivity index (χ3n) is 4.19. The Labute approximate surface area is 182 Å². The van der Waals surface area contributed by atoms with E-state index < -0.39 is 25.7 Å². The molecule has 0 aliphatic carbocycles. The monoisotopic (exact) mass is 480 g/mol. The minimum Gasteiger partial charge on any atom is -0.443 e. The highest BCUT2D eigenvalue weighted by molar-refractivity contribution is 7.92.